The van der Waals surface area contributed by atoms with Crippen molar-refractivity contribution in [2.75, 3.05) is 29.1 Å². The summed E-state index contributed by atoms with van der Waals surface area (Å²) in [5.74, 6) is 2.51. The fourth-order valence-electron chi connectivity index (χ4n) is 4.01. The molecule has 9 nitrogen and oxygen atoms in total. The molecule has 9 heteroatoms. The maximum Gasteiger partial charge on any atom is 0.183 e. The Kier molecular flexibility index (Phi) is 5.33. The van der Waals surface area contributed by atoms with Crippen LogP contribution in [0, 0.1) is 11.3 Å². The first-order valence-corrected chi connectivity index (χ1v) is 10.4. The molecular formula is C22H27N9. The second-order valence-electron chi connectivity index (χ2n) is 8.46. The Morgan fingerprint density at radius 2 is 1.97 bits per heavy atom. The molecule has 3 aromatic rings. The molecular weight excluding hydrogens is 390 g/mol. The van der Waals surface area contributed by atoms with Crippen LogP contribution in [0.1, 0.15) is 44.9 Å². The van der Waals surface area contributed by atoms with Crippen molar-refractivity contribution in [2.24, 2.45) is 5.73 Å². The van der Waals surface area contributed by atoms with Gasteiger partial charge in [0.1, 0.15) is 17.7 Å². The lowest BCUT2D eigenvalue weighted by molar-refractivity contribution is 0.557. The lowest BCUT2D eigenvalue weighted by Crippen LogP contribution is -2.29. The highest BCUT2D eigenvalue weighted by molar-refractivity contribution is 5.95. The van der Waals surface area contributed by atoms with Gasteiger partial charge in [0, 0.05) is 43.0 Å². The first-order valence-electron chi connectivity index (χ1n) is 10.4. The van der Waals surface area contributed by atoms with Crippen LogP contribution in [0.3, 0.4) is 0 Å². The number of nitrogens with two attached hydrogens (primary N) is 1. The fraction of sp³-hybridized carbons (Fsp3) is 0.409. The normalized spacial score (nSPS) is 16.4. The van der Waals surface area contributed by atoms with Crippen LogP contribution in [0.2, 0.25) is 0 Å². The van der Waals surface area contributed by atoms with E-state index >= 15 is 0 Å². The topological polar surface area (TPSA) is 129 Å². The molecule has 0 spiro atoms. The van der Waals surface area contributed by atoms with Crippen molar-refractivity contribution in [3.05, 3.63) is 35.9 Å². The number of nitrogens with zero attached hydrogens (tertiary/aromatic N) is 6. The van der Waals surface area contributed by atoms with Gasteiger partial charge >= 0.3 is 0 Å². The minimum atomic E-state index is -0.566. The Morgan fingerprint density at radius 3 is 2.61 bits per heavy atom. The molecule has 0 bridgehead atoms. The number of hydrogen-bond donors (Lipinski definition) is 3. The van der Waals surface area contributed by atoms with Gasteiger partial charge < -0.3 is 21.3 Å². The second kappa shape index (κ2) is 7.96. The summed E-state index contributed by atoms with van der Waals surface area (Å²) < 4.78 is 0. The Hall–Kier alpha value is -3.51. The summed E-state index contributed by atoms with van der Waals surface area (Å²) in [7, 11) is 1.83. The van der Waals surface area contributed by atoms with Crippen LogP contribution in [0.4, 0.5) is 23.3 Å². The van der Waals surface area contributed by atoms with Crippen molar-refractivity contribution in [1.29, 1.82) is 5.26 Å². The summed E-state index contributed by atoms with van der Waals surface area (Å²) in [6.07, 6.45) is 7.29. The van der Waals surface area contributed by atoms with E-state index in [1.54, 1.807) is 18.6 Å². The lowest BCUT2D eigenvalue weighted by Gasteiger charge is -2.23. The molecule has 1 saturated heterocycles. The molecule has 1 aliphatic rings. The SMILES string of the molecule is CNc1ncc(C(C)(C)N)c2cc(Nc3cnc(C#N)c(N4CCC[C@@H]4C)n3)ncc12. The third-order valence-corrected chi connectivity index (χ3v) is 5.64. The minimum Gasteiger partial charge on any atom is -0.373 e. The molecule has 31 heavy (non-hydrogen) atoms. The fourth-order valence-corrected chi connectivity index (χ4v) is 4.01. The lowest BCUT2D eigenvalue weighted by atomic mass is 9.93. The van der Waals surface area contributed by atoms with E-state index in [-0.39, 0.29) is 0 Å². The van der Waals surface area contributed by atoms with E-state index in [0.29, 0.717) is 29.2 Å². The Balaban J connectivity index is 1.74. The molecule has 1 aliphatic heterocycles. The number of hydrogen-bond acceptors (Lipinski definition) is 9. The van der Waals surface area contributed by atoms with Crippen molar-refractivity contribution in [3.8, 4) is 6.07 Å². The van der Waals surface area contributed by atoms with E-state index in [1.807, 2.05) is 27.0 Å². The Morgan fingerprint density at radius 1 is 1.16 bits per heavy atom. The highest BCUT2D eigenvalue weighted by atomic mass is 15.3. The first kappa shape index (κ1) is 20.8. The minimum absolute atomic E-state index is 0.331. The van der Waals surface area contributed by atoms with Gasteiger partial charge in [-0.3, -0.25) is 0 Å². The van der Waals surface area contributed by atoms with Crippen LogP contribution < -0.4 is 21.3 Å². The van der Waals surface area contributed by atoms with Crippen LogP contribution in [0.15, 0.2) is 24.7 Å². The molecule has 0 aromatic carbocycles. The van der Waals surface area contributed by atoms with E-state index in [2.05, 4.69) is 43.5 Å². The molecule has 0 aliphatic carbocycles. The van der Waals surface area contributed by atoms with E-state index in [9.17, 15) is 5.26 Å². The van der Waals surface area contributed by atoms with Crippen molar-refractivity contribution in [3.63, 3.8) is 0 Å². The highest BCUT2D eigenvalue weighted by Gasteiger charge is 2.25. The van der Waals surface area contributed by atoms with Crippen LogP contribution in [0.5, 0.6) is 0 Å². The quantitative estimate of drug-likeness (QED) is 0.573. The average molecular weight is 418 g/mol. The van der Waals surface area contributed by atoms with E-state index < -0.39 is 5.54 Å². The smallest absolute Gasteiger partial charge is 0.183 e. The van der Waals surface area contributed by atoms with Gasteiger partial charge in [0.2, 0.25) is 0 Å². The Labute approximate surface area is 181 Å². The summed E-state index contributed by atoms with van der Waals surface area (Å²) in [5, 5.41) is 17.7. The maximum atomic E-state index is 9.48. The number of fused-ring (bicyclic) bond motifs is 1. The highest BCUT2D eigenvalue weighted by Crippen LogP contribution is 2.32. The number of nitriles is 1. The molecule has 4 rings (SSSR count). The van der Waals surface area contributed by atoms with Gasteiger partial charge in [-0.05, 0) is 50.6 Å². The number of aromatic nitrogens is 4. The Bertz CT molecular complexity index is 1160. The molecule has 0 saturated carbocycles. The van der Waals surface area contributed by atoms with Gasteiger partial charge in [-0.2, -0.15) is 5.26 Å². The number of rotatable bonds is 5. The standard InChI is InChI=1S/C22H27N9/c1-13-6-5-7-31(13)21-17(9-23)26-12-19(30-21)29-18-8-14-15(10-27-18)20(25-4)28-11-16(14)22(2,3)24/h8,10-13H,5-7,24H2,1-4H3,(H,25,28)(H,27,29,30)/t13-/m0/s1. The molecule has 3 aromatic heterocycles. The van der Waals surface area contributed by atoms with Crippen LogP contribution in [-0.2, 0) is 5.54 Å². The van der Waals surface area contributed by atoms with Gasteiger partial charge in [-0.1, -0.05) is 0 Å². The monoisotopic (exact) mass is 417 g/mol. The van der Waals surface area contributed by atoms with Gasteiger partial charge in [-0.25, -0.2) is 19.9 Å². The molecule has 0 unspecified atom stereocenters. The number of pyridine rings is 2. The van der Waals surface area contributed by atoms with Gasteiger partial charge in [-0.15, -0.1) is 0 Å². The van der Waals surface area contributed by atoms with Crippen LogP contribution >= 0.6 is 0 Å². The predicted molar refractivity (Wildman–Crippen MR) is 122 cm³/mol. The first-order chi connectivity index (χ1) is 14.8. The van der Waals surface area contributed by atoms with Crippen molar-refractivity contribution in [2.45, 2.75) is 45.2 Å². The molecule has 4 N–H and O–H groups in total. The summed E-state index contributed by atoms with van der Waals surface area (Å²) in [4.78, 5) is 20.2. The third-order valence-electron chi connectivity index (χ3n) is 5.64. The molecule has 1 fully saturated rings. The molecule has 160 valence electrons. The number of nitrogens with one attached hydrogen (secondary N) is 2. The van der Waals surface area contributed by atoms with Crippen molar-refractivity contribution >= 4 is 34.0 Å². The molecule has 4 heterocycles. The maximum absolute atomic E-state index is 9.48. The van der Waals surface area contributed by atoms with E-state index in [4.69, 9.17) is 10.7 Å². The summed E-state index contributed by atoms with van der Waals surface area (Å²) in [6.45, 7) is 6.92. The zero-order chi connectivity index (χ0) is 22.2. The average Bonchev–Trinajstić information content (AvgIpc) is 3.17. The summed E-state index contributed by atoms with van der Waals surface area (Å²) >= 11 is 0. The molecule has 1 atom stereocenters. The third kappa shape index (κ3) is 3.94. The molecule has 0 amide bonds. The largest absolute Gasteiger partial charge is 0.373 e. The van der Waals surface area contributed by atoms with E-state index in [0.717, 1.165) is 41.5 Å². The number of anilines is 4. The zero-order valence-corrected chi connectivity index (χ0v) is 18.3. The predicted octanol–water partition coefficient (Wildman–Crippen LogP) is 3.26. The van der Waals surface area contributed by atoms with Crippen LogP contribution in [0.25, 0.3) is 10.8 Å². The zero-order valence-electron chi connectivity index (χ0n) is 18.3. The van der Waals surface area contributed by atoms with E-state index in [1.165, 1.54) is 0 Å². The van der Waals surface area contributed by atoms with Gasteiger partial charge in [0.05, 0.1) is 6.20 Å². The van der Waals surface area contributed by atoms with Crippen molar-refractivity contribution < 1.29 is 0 Å². The van der Waals surface area contributed by atoms with Gasteiger partial charge in [0.25, 0.3) is 0 Å². The second-order valence-corrected chi connectivity index (χ2v) is 8.46. The summed E-state index contributed by atoms with van der Waals surface area (Å²) in [5.41, 5.74) is 7.08. The van der Waals surface area contributed by atoms with Crippen LogP contribution in [-0.4, -0.2) is 39.6 Å². The van der Waals surface area contributed by atoms with Crippen molar-refractivity contribution in [1.82, 2.24) is 19.9 Å². The molecule has 0 radical (unpaired) electrons. The van der Waals surface area contributed by atoms with Gasteiger partial charge in [0.15, 0.2) is 17.3 Å². The summed E-state index contributed by atoms with van der Waals surface area (Å²) in [6, 6.07) is 4.43.